The predicted molar refractivity (Wildman–Crippen MR) is 89.8 cm³/mol. The summed E-state index contributed by atoms with van der Waals surface area (Å²) in [7, 11) is 0. The van der Waals surface area contributed by atoms with Crippen molar-refractivity contribution < 1.29 is 36.6 Å². The second-order valence-electron chi connectivity index (χ2n) is 5.65. The van der Waals surface area contributed by atoms with Crippen LogP contribution in [0.3, 0.4) is 0 Å². The maximum Gasteiger partial charge on any atom is 0.431 e. The minimum absolute atomic E-state index is 0.0429. The van der Waals surface area contributed by atoms with Crippen molar-refractivity contribution in [3.05, 3.63) is 39.8 Å². The normalized spacial score (nSPS) is 12.6. The Morgan fingerprint density at radius 3 is 2.33 bits per heavy atom. The smallest absolute Gasteiger partial charge is 0.431 e. The zero-order valence-corrected chi connectivity index (χ0v) is 15.5. The van der Waals surface area contributed by atoms with Crippen molar-refractivity contribution in [2.45, 2.75) is 39.5 Å². The minimum atomic E-state index is -5.14. The summed E-state index contributed by atoms with van der Waals surface area (Å²) < 4.78 is 62.6. The van der Waals surface area contributed by atoms with E-state index in [9.17, 15) is 27.2 Å². The molecule has 0 saturated carbocycles. The molecule has 0 aromatic heterocycles. The molecule has 0 aliphatic carbocycles. The van der Waals surface area contributed by atoms with Gasteiger partial charge in [0.05, 0.1) is 17.7 Å². The predicted octanol–water partition coefficient (Wildman–Crippen LogP) is 3.72. The van der Waals surface area contributed by atoms with Crippen LogP contribution in [0.5, 0.6) is 5.75 Å². The highest BCUT2D eigenvalue weighted by molar-refractivity contribution is 6.32. The van der Waals surface area contributed by atoms with Gasteiger partial charge in [0.15, 0.2) is 5.78 Å². The fourth-order valence-corrected chi connectivity index (χ4v) is 2.23. The zero-order valence-electron chi connectivity index (χ0n) is 14.7. The van der Waals surface area contributed by atoms with Crippen molar-refractivity contribution in [3.8, 4) is 5.75 Å². The summed E-state index contributed by atoms with van der Waals surface area (Å²) in [6, 6.07) is 1.95. The van der Waals surface area contributed by atoms with Gasteiger partial charge in [-0.3, -0.25) is 4.79 Å². The van der Waals surface area contributed by atoms with E-state index in [0.717, 1.165) is 12.1 Å². The fraction of sp³-hybridized carbons (Fsp3) is 0.412. The van der Waals surface area contributed by atoms with E-state index in [0.29, 0.717) is 0 Å². The molecule has 0 bridgehead atoms. The SMILES string of the molecule is CCOC(=O)C(C(=O)Cc1cc(OC(C)C)c(Cl)cc1F)=C(N)C(F)(F)F. The minimum Gasteiger partial charge on any atom is -0.489 e. The molecule has 150 valence electrons. The molecule has 0 atom stereocenters. The van der Waals surface area contributed by atoms with E-state index in [4.69, 9.17) is 22.1 Å². The first kappa shape index (κ1) is 22.8. The van der Waals surface area contributed by atoms with Crippen LogP contribution in [-0.4, -0.2) is 30.6 Å². The van der Waals surface area contributed by atoms with E-state index in [1.165, 1.54) is 6.92 Å². The number of hydrogen-bond acceptors (Lipinski definition) is 5. The van der Waals surface area contributed by atoms with E-state index in [1.54, 1.807) is 13.8 Å². The van der Waals surface area contributed by atoms with Gasteiger partial charge >= 0.3 is 12.1 Å². The number of Topliss-reactive ketones (excluding diaryl/α,β-unsaturated/α-hetero) is 1. The number of benzene rings is 1. The molecule has 1 aromatic carbocycles. The Morgan fingerprint density at radius 1 is 1.26 bits per heavy atom. The highest BCUT2D eigenvalue weighted by Crippen LogP contribution is 2.30. The van der Waals surface area contributed by atoms with Gasteiger partial charge in [0.2, 0.25) is 0 Å². The molecule has 2 N–H and O–H groups in total. The Kier molecular flexibility index (Phi) is 7.65. The first-order valence-corrected chi connectivity index (χ1v) is 8.18. The maximum atomic E-state index is 14.1. The average molecular weight is 412 g/mol. The summed E-state index contributed by atoms with van der Waals surface area (Å²) in [5, 5.41) is -0.0756. The molecular weight excluding hydrogens is 394 g/mol. The Labute approximate surface area is 158 Å². The van der Waals surface area contributed by atoms with Gasteiger partial charge in [-0.25, -0.2) is 9.18 Å². The zero-order chi connectivity index (χ0) is 20.9. The number of allylic oxidation sites excluding steroid dienone is 1. The quantitative estimate of drug-likeness (QED) is 0.243. The number of alkyl halides is 3. The molecule has 5 nitrogen and oxygen atoms in total. The fourth-order valence-electron chi connectivity index (χ4n) is 2.03. The van der Waals surface area contributed by atoms with Crippen LogP contribution in [0.2, 0.25) is 5.02 Å². The van der Waals surface area contributed by atoms with Crippen LogP contribution < -0.4 is 10.5 Å². The third-order valence-electron chi connectivity index (χ3n) is 3.15. The molecule has 1 aromatic rings. The summed E-state index contributed by atoms with van der Waals surface area (Å²) in [6.07, 6.45) is -6.34. The maximum absolute atomic E-state index is 14.1. The second kappa shape index (κ2) is 9.07. The largest absolute Gasteiger partial charge is 0.489 e. The Bertz CT molecular complexity index is 760. The number of halogens is 5. The van der Waals surface area contributed by atoms with Crippen molar-refractivity contribution in [1.29, 1.82) is 0 Å². The lowest BCUT2D eigenvalue weighted by molar-refractivity contribution is -0.141. The van der Waals surface area contributed by atoms with Crippen LogP contribution in [0.15, 0.2) is 23.4 Å². The van der Waals surface area contributed by atoms with Gasteiger partial charge in [-0.05, 0) is 38.5 Å². The molecule has 0 fully saturated rings. The number of rotatable bonds is 7. The summed E-state index contributed by atoms with van der Waals surface area (Å²) in [5.41, 5.74) is 1.34. The Morgan fingerprint density at radius 2 is 1.85 bits per heavy atom. The van der Waals surface area contributed by atoms with Gasteiger partial charge in [-0.1, -0.05) is 11.6 Å². The van der Waals surface area contributed by atoms with E-state index < -0.39 is 41.4 Å². The van der Waals surface area contributed by atoms with E-state index >= 15 is 0 Å². The number of carbonyl (C=O) groups is 2. The van der Waals surface area contributed by atoms with Gasteiger partial charge in [-0.15, -0.1) is 0 Å². The topological polar surface area (TPSA) is 78.6 Å². The lowest BCUT2D eigenvalue weighted by Crippen LogP contribution is -2.30. The van der Waals surface area contributed by atoms with Gasteiger partial charge in [0.1, 0.15) is 22.8 Å². The molecule has 0 aliphatic heterocycles. The molecule has 0 spiro atoms. The van der Waals surface area contributed by atoms with E-state index in [2.05, 4.69) is 4.74 Å². The van der Waals surface area contributed by atoms with E-state index in [-0.39, 0.29) is 29.0 Å². The van der Waals surface area contributed by atoms with Crippen LogP contribution in [0.1, 0.15) is 26.3 Å². The number of carbonyl (C=O) groups excluding carboxylic acids is 2. The molecule has 0 heterocycles. The van der Waals surface area contributed by atoms with Crippen LogP contribution in [0.4, 0.5) is 17.6 Å². The molecule has 10 heteroatoms. The third-order valence-corrected chi connectivity index (χ3v) is 3.44. The second-order valence-corrected chi connectivity index (χ2v) is 6.05. The van der Waals surface area contributed by atoms with Gasteiger partial charge in [-0.2, -0.15) is 13.2 Å². The molecule has 1 rings (SSSR count). The summed E-state index contributed by atoms with van der Waals surface area (Å²) in [4.78, 5) is 24.1. The van der Waals surface area contributed by atoms with Crippen LogP contribution in [0, 0.1) is 5.82 Å². The molecule has 0 amide bonds. The van der Waals surface area contributed by atoms with Crippen molar-refractivity contribution in [3.63, 3.8) is 0 Å². The highest BCUT2D eigenvalue weighted by Gasteiger charge is 2.39. The lowest BCUT2D eigenvalue weighted by Gasteiger charge is -2.15. The van der Waals surface area contributed by atoms with Crippen molar-refractivity contribution in [2.24, 2.45) is 5.73 Å². The number of ketones is 1. The third kappa shape index (κ3) is 6.13. The molecule has 0 aliphatic rings. The number of esters is 1. The average Bonchev–Trinajstić information content (AvgIpc) is 2.51. The first-order valence-electron chi connectivity index (χ1n) is 7.80. The number of hydrogen-bond donors (Lipinski definition) is 1. The summed E-state index contributed by atoms with van der Waals surface area (Å²) in [6.45, 7) is 4.42. The van der Waals surface area contributed by atoms with Gasteiger partial charge < -0.3 is 15.2 Å². The van der Waals surface area contributed by atoms with Crippen LogP contribution >= 0.6 is 11.6 Å². The van der Waals surface area contributed by atoms with Crippen molar-refractivity contribution >= 4 is 23.4 Å². The molecule has 0 radical (unpaired) electrons. The lowest BCUT2D eigenvalue weighted by atomic mass is 10.0. The monoisotopic (exact) mass is 411 g/mol. The van der Waals surface area contributed by atoms with E-state index in [1.807, 2.05) is 0 Å². The van der Waals surface area contributed by atoms with Crippen LogP contribution in [0.25, 0.3) is 0 Å². The van der Waals surface area contributed by atoms with Crippen LogP contribution in [-0.2, 0) is 20.7 Å². The first-order chi connectivity index (χ1) is 12.4. The molecule has 0 saturated heterocycles. The van der Waals surface area contributed by atoms with Crippen molar-refractivity contribution in [1.82, 2.24) is 0 Å². The summed E-state index contributed by atoms with van der Waals surface area (Å²) >= 11 is 5.84. The molecule has 0 unspecified atom stereocenters. The van der Waals surface area contributed by atoms with Crippen molar-refractivity contribution in [2.75, 3.05) is 6.61 Å². The number of nitrogens with two attached hydrogens (primary N) is 1. The number of ether oxygens (including phenoxy) is 2. The Hall–Kier alpha value is -2.29. The summed E-state index contributed by atoms with van der Waals surface area (Å²) in [5.74, 6) is -3.79. The Balaban J connectivity index is 3.32. The highest BCUT2D eigenvalue weighted by atomic mass is 35.5. The van der Waals surface area contributed by atoms with Gasteiger partial charge in [0.25, 0.3) is 0 Å². The van der Waals surface area contributed by atoms with Gasteiger partial charge in [0, 0.05) is 6.42 Å². The standard InChI is InChI=1S/C17H18ClF4NO4/c1-4-26-16(25)14(15(23)17(20,21)22)12(24)5-9-6-13(27-8(2)3)10(18)7-11(9)19/h6-8H,4-5,23H2,1-3H3. The molecular formula is C17H18ClF4NO4. The molecule has 27 heavy (non-hydrogen) atoms.